The first-order chi connectivity index (χ1) is 14.7. The molecule has 0 bridgehead atoms. The Morgan fingerprint density at radius 3 is 1.87 bits per heavy atom. The molecule has 2 N–H and O–H groups in total. The summed E-state index contributed by atoms with van der Waals surface area (Å²) in [4.78, 5) is 24.2. The Balaban J connectivity index is 1.74. The second kappa shape index (κ2) is 11.2. The lowest BCUT2D eigenvalue weighted by molar-refractivity contribution is -0.148. The van der Waals surface area contributed by atoms with Crippen molar-refractivity contribution in [2.45, 2.75) is 82.7 Å². The average molecular weight is 425 g/mol. The molecule has 0 fully saturated rings. The van der Waals surface area contributed by atoms with Crippen molar-refractivity contribution < 1.29 is 19.8 Å². The Morgan fingerprint density at radius 2 is 1.32 bits per heavy atom. The predicted octanol–water partition coefficient (Wildman–Crippen LogP) is 5.67. The van der Waals surface area contributed by atoms with Crippen LogP contribution in [0.3, 0.4) is 0 Å². The minimum absolute atomic E-state index is 0.0904. The maximum Gasteiger partial charge on any atom is 0.316 e. The molecule has 0 amide bonds. The molecule has 168 valence electrons. The standard InChI is InChI=1S/C27H36O4/c1-26(2,21-13-6-4-7-14-21)20-11-10-17-23(28)18-12-19-24(29)27(3,25(30)31)22-15-8-5-9-16-22/h4-9,13-16,24,29H,10-12,17-20H2,1-3H3,(H,30,31). The normalized spacial score (nSPS) is 14.6. The van der Waals surface area contributed by atoms with Gasteiger partial charge in [0.25, 0.3) is 0 Å². The van der Waals surface area contributed by atoms with E-state index in [0.29, 0.717) is 24.8 Å². The van der Waals surface area contributed by atoms with Crippen molar-refractivity contribution in [1.82, 2.24) is 0 Å². The minimum atomic E-state index is -1.38. The molecule has 4 nitrogen and oxygen atoms in total. The number of aliphatic hydroxyl groups excluding tert-OH is 1. The van der Waals surface area contributed by atoms with Crippen molar-refractivity contribution >= 4 is 11.8 Å². The van der Waals surface area contributed by atoms with E-state index in [1.165, 1.54) is 5.56 Å². The molecule has 0 saturated carbocycles. The molecular formula is C27H36O4. The molecule has 2 rings (SSSR count). The lowest BCUT2D eigenvalue weighted by Crippen LogP contribution is -2.44. The summed E-state index contributed by atoms with van der Waals surface area (Å²) in [5.41, 5.74) is 0.595. The lowest BCUT2D eigenvalue weighted by atomic mass is 9.75. The molecule has 2 atom stereocenters. The zero-order valence-corrected chi connectivity index (χ0v) is 19.0. The van der Waals surface area contributed by atoms with E-state index in [9.17, 15) is 19.8 Å². The molecule has 0 heterocycles. The van der Waals surface area contributed by atoms with E-state index in [-0.39, 0.29) is 17.6 Å². The highest BCUT2D eigenvalue weighted by atomic mass is 16.4. The molecule has 0 saturated heterocycles. The Kier molecular flexibility index (Phi) is 9.00. The molecule has 2 aromatic rings. The lowest BCUT2D eigenvalue weighted by Gasteiger charge is -2.31. The van der Waals surface area contributed by atoms with Crippen LogP contribution in [0.15, 0.2) is 60.7 Å². The zero-order chi connectivity index (χ0) is 22.9. The van der Waals surface area contributed by atoms with Crippen molar-refractivity contribution in [3.8, 4) is 0 Å². The number of rotatable bonds is 13. The largest absolute Gasteiger partial charge is 0.481 e. The van der Waals surface area contributed by atoms with Crippen LogP contribution in [0.25, 0.3) is 0 Å². The Labute approximate surface area is 186 Å². The van der Waals surface area contributed by atoms with Gasteiger partial charge in [-0.25, -0.2) is 0 Å². The van der Waals surface area contributed by atoms with E-state index in [1.807, 2.05) is 12.1 Å². The first-order valence-electron chi connectivity index (χ1n) is 11.2. The number of hydrogen-bond donors (Lipinski definition) is 2. The topological polar surface area (TPSA) is 74.6 Å². The van der Waals surface area contributed by atoms with Crippen LogP contribution in [0.2, 0.25) is 0 Å². The van der Waals surface area contributed by atoms with Gasteiger partial charge in [0.05, 0.1) is 6.10 Å². The monoisotopic (exact) mass is 424 g/mol. The van der Waals surface area contributed by atoms with E-state index >= 15 is 0 Å². The Hall–Kier alpha value is -2.46. The van der Waals surface area contributed by atoms with Gasteiger partial charge in [-0.1, -0.05) is 80.9 Å². The molecule has 2 unspecified atom stereocenters. The molecule has 0 radical (unpaired) electrons. The van der Waals surface area contributed by atoms with Crippen LogP contribution in [0.1, 0.15) is 76.8 Å². The number of carboxylic acids is 1. The van der Waals surface area contributed by atoms with Gasteiger partial charge >= 0.3 is 5.97 Å². The van der Waals surface area contributed by atoms with Gasteiger partial charge in [0.1, 0.15) is 11.2 Å². The highest BCUT2D eigenvalue weighted by Gasteiger charge is 2.42. The van der Waals surface area contributed by atoms with Gasteiger partial charge in [0.15, 0.2) is 0 Å². The summed E-state index contributed by atoms with van der Waals surface area (Å²) in [6, 6.07) is 19.2. The molecule has 0 spiro atoms. The second-order valence-corrected chi connectivity index (χ2v) is 9.28. The molecule has 0 aliphatic rings. The van der Waals surface area contributed by atoms with Crippen LogP contribution < -0.4 is 0 Å². The number of carboxylic acid groups (broad SMARTS) is 1. The number of benzene rings is 2. The van der Waals surface area contributed by atoms with Crippen molar-refractivity contribution in [2.75, 3.05) is 0 Å². The quantitative estimate of drug-likeness (QED) is 0.406. The molecule has 0 aromatic heterocycles. The fourth-order valence-corrected chi connectivity index (χ4v) is 4.07. The summed E-state index contributed by atoms with van der Waals surface area (Å²) >= 11 is 0. The van der Waals surface area contributed by atoms with Crippen molar-refractivity contribution in [3.05, 3.63) is 71.8 Å². The van der Waals surface area contributed by atoms with Gasteiger partial charge in [-0.15, -0.1) is 0 Å². The minimum Gasteiger partial charge on any atom is -0.481 e. The van der Waals surface area contributed by atoms with Gasteiger partial charge in [-0.3, -0.25) is 9.59 Å². The van der Waals surface area contributed by atoms with Gasteiger partial charge in [-0.05, 0) is 49.1 Å². The second-order valence-electron chi connectivity index (χ2n) is 9.28. The third-order valence-corrected chi connectivity index (χ3v) is 6.48. The summed E-state index contributed by atoms with van der Waals surface area (Å²) in [5, 5.41) is 20.4. The zero-order valence-electron chi connectivity index (χ0n) is 19.0. The highest BCUT2D eigenvalue weighted by Crippen LogP contribution is 2.31. The number of unbranched alkanes of at least 4 members (excludes halogenated alkanes) is 1. The Morgan fingerprint density at radius 1 is 0.806 bits per heavy atom. The first-order valence-corrected chi connectivity index (χ1v) is 11.2. The number of Topliss-reactive ketones (excluding diaryl/α,β-unsaturated/α-hetero) is 1. The van der Waals surface area contributed by atoms with E-state index in [1.54, 1.807) is 31.2 Å². The van der Waals surface area contributed by atoms with Gasteiger partial charge in [0, 0.05) is 12.8 Å². The maximum absolute atomic E-state index is 12.3. The number of aliphatic carboxylic acids is 1. The van der Waals surface area contributed by atoms with Gasteiger partial charge < -0.3 is 10.2 Å². The van der Waals surface area contributed by atoms with Crippen LogP contribution in [-0.2, 0) is 20.4 Å². The van der Waals surface area contributed by atoms with E-state index in [2.05, 4.69) is 38.1 Å². The van der Waals surface area contributed by atoms with E-state index in [0.717, 1.165) is 19.3 Å². The third kappa shape index (κ3) is 6.76. The first kappa shape index (κ1) is 24.8. The molecular weight excluding hydrogens is 388 g/mol. The summed E-state index contributed by atoms with van der Waals surface area (Å²) < 4.78 is 0. The number of hydrogen-bond acceptors (Lipinski definition) is 3. The summed E-state index contributed by atoms with van der Waals surface area (Å²) in [7, 11) is 0. The molecule has 31 heavy (non-hydrogen) atoms. The van der Waals surface area contributed by atoms with Crippen LogP contribution in [-0.4, -0.2) is 28.1 Å². The van der Waals surface area contributed by atoms with E-state index in [4.69, 9.17) is 0 Å². The predicted molar refractivity (Wildman–Crippen MR) is 124 cm³/mol. The van der Waals surface area contributed by atoms with Crippen LogP contribution in [0, 0.1) is 0 Å². The summed E-state index contributed by atoms with van der Waals surface area (Å²) in [6.07, 6.45) is 3.51. The summed E-state index contributed by atoms with van der Waals surface area (Å²) in [6.45, 7) is 6.01. The van der Waals surface area contributed by atoms with Crippen molar-refractivity contribution in [3.63, 3.8) is 0 Å². The van der Waals surface area contributed by atoms with Crippen LogP contribution >= 0.6 is 0 Å². The van der Waals surface area contributed by atoms with E-state index < -0.39 is 17.5 Å². The number of aliphatic hydroxyl groups is 1. The highest BCUT2D eigenvalue weighted by molar-refractivity contribution is 5.82. The maximum atomic E-state index is 12.3. The fourth-order valence-electron chi connectivity index (χ4n) is 4.07. The SMILES string of the molecule is CC(C)(CCCCC(=O)CCCC(O)C(C)(C(=O)O)c1ccccc1)c1ccccc1. The fraction of sp³-hybridized carbons (Fsp3) is 0.481. The van der Waals surface area contributed by atoms with Crippen LogP contribution in [0.4, 0.5) is 0 Å². The molecule has 0 aliphatic heterocycles. The average Bonchev–Trinajstić information content (AvgIpc) is 2.77. The van der Waals surface area contributed by atoms with Crippen molar-refractivity contribution in [1.29, 1.82) is 0 Å². The van der Waals surface area contributed by atoms with Gasteiger partial charge in [-0.2, -0.15) is 0 Å². The third-order valence-electron chi connectivity index (χ3n) is 6.48. The van der Waals surface area contributed by atoms with Crippen LogP contribution in [0.5, 0.6) is 0 Å². The number of carbonyl (C=O) groups is 2. The van der Waals surface area contributed by atoms with Gasteiger partial charge in [0.2, 0.25) is 0 Å². The molecule has 4 heteroatoms. The number of ketones is 1. The van der Waals surface area contributed by atoms with Crippen molar-refractivity contribution in [2.24, 2.45) is 0 Å². The number of carbonyl (C=O) groups excluding carboxylic acids is 1. The molecule has 2 aromatic carbocycles. The smallest absolute Gasteiger partial charge is 0.316 e. The molecule has 0 aliphatic carbocycles. The summed E-state index contributed by atoms with van der Waals surface area (Å²) in [5.74, 6) is -0.875. The Bertz CT molecular complexity index is 829.